The third-order valence-corrected chi connectivity index (χ3v) is 3.21. The van der Waals surface area contributed by atoms with Gasteiger partial charge in [0.05, 0.1) is 6.20 Å². The minimum Gasteiger partial charge on any atom is -0.465 e. The Morgan fingerprint density at radius 2 is 2.37 bits per heavy atom. The maximum absolute atomic E-state index is 10.8. The molecule has 1 aromatic rings. The van der Waals surface area contributed by atoms with Crippen LogP contribution in [0.25, 0.3) is 0 Å². The number of amides is 1. The van der Waals surface area contributed by atoms with Gasteiger partial charge >= 0.3 is 6.09 Å². The molecular weight excluding hydrogens is 270 g/mol. The van der Waals surface area contributed by atoms with Crippen LogP contribution in [0.1, 0.15) is 6.42 Å². The van der Waals surface area contributed by atoms with Crippen LogP contribution >= 0.6 is 11.6 Å². The molecule has 0 spiro atoms. The van der Waals surface area contributed by atoms with Gasteiger partial charge in [0.2, 0.25) is 5.95 Å². The second kappa shape index (κ2) is 5.48. The van der Waals surface area contributed by atoms with Gasteiger partial charge in [0, 0.05) is 33.2 Å². The summed E-state index contributed by atoms with van der Waals surface area (Å²) in [6.07, 6.45) is 1.39. The Morgan fingerprint density at radius 1 is 1.63 bits per heavy atom. The molecule has 0 aliphatic carbocycles. The summed E-state index contributed by atoms with van der Waals surface area (Å²) in [5.41, 5.74) is 0. The van der Waals surface area contributed by atoms with Crippen LogP contribution in [0, 0.1) is 0 Å². The van der Waals surface area contributed by atoms with Crippen LogP contribution in [0.3, 0.4) is 0 Å². The molecule has 104 valence electrons. The fourth-order valence-electron chi connectivity index (χ4n) is 1.98. The highest BCUT2D eigenvalue weighted by Crippen LogP contribution is 2.22. The molecule has 1 amide bonds. The molecule has 0 aromatic carbocycles. The lowest BCUT2D eigenvalue weighted by atomic mass is 10.3. The molecule has 0 radical (unpaired) electrons. The SMILES string of the molecule is CN(C)c1nc(NC2CCN(C(=O)O)C2)ncc1Cl. The average molecular weight is 286 g/mol. The number of hydrogen-bond donors (Lipinski definition) is 2. The third-order valence-electron chi connectivity index (χ3n) is 2.94. The molecule has 1 aliphatic rings. The van der Waals surface area contributed by atoms with Crippen molar-refractivity contribution < 1.29 is 9.90 Å². The quantitative estimate of drug-likeness (QED) is 0.873. The highest BCUT2D eigenvalue weighted by Gasteiger charge is 2.26. The van der Waals surface area contributed by atoms with Crippen molar-refractivity contribution in [1.29, 1.82) is 0 Å². The molecule has 2 heterocycles. The maximum Gasteiger partial charge on any atom is 0.407 e. The average Bonchev–Trinajstić information content (AvgIpc) is 2.80. The number of nitrogens with zero attached hydrogens (tertiary/aromatic N) is 4. The van der Waals surface area contributed by atoms with Gasteiger partial charge in [-0.05, 0) is 6.42 Å². The largest absolute Gasteiger partial charge is 0.465 e. The Hall–Kier alpha value is -1.76. The number of rotatable bonds is 3. The van der Waals surface area contributed by atoms with Gasteiger partial charge in [-0.2, -0.15) is 4.98 Å². The molecule has 1 aliphatic heterocycles. The summed E-state index contributed by atoms with van der Waals surface area (Å²) in [4.78, 5) is 22.4. The summed E-state index contributed by atoms with van der Waals surface area (Å²) in [5.74, 6) is 1.09. The Labute approximate surface area is 116 Å². The number of aromatic nitrogens is 2. The Balaban J connectivity index is 2.04. The molecule has 2 N–H and O–H groups in total. The lowest BCUT2D eigenvalue weighted by Crippen LogP contribution is -2.30. The Bertz CT molecular complexity index is 482. The number of carboxylic acid groups (broad SMARTS) is 1. The van der Waals surface area contributed by atoms with Crippen molar-refractivity contribution in [2.45, 2.75) is 12.5 Å². The van der Waals surface area contributed by atoms with Crippen molar-refractivity contribution in [2.75, 3.05) is 37.4 Å². The fraction of sp³-hybridized carbons (Fsp3) is 0.545. The van der Waals surface area contributed by atoms with Gasteiger partial charge in [0.25, 0.3) is 0 Å². The van der Waals surface area contributed by atoms with E-state index in [-0.39, 0.29) is 6.04 Å². The van der Waals surface area contributed by atoms with Gasteiger partial charge in [-0.25, -0.2) is 9.78 Å². The molecule has 7 nitrogen and oxygen atoms in total. The predicted octanol–water partition coefficient (Wildman–Crippen LogP) is 1.36. The van der Waals surface area contributed by atoms with Gasteiger partial charge in [0.15, 0.2) is 5.82 Å². The van der Waals surface area contributed by atoms with Crippen LogP contribution in [0.4, 0.5) is 16.6 Å². The zero-order valence-electron chi connectivity index (χ0n) is 10.8. The van der Waals surface area contributed by atoms with Crippen molar-refractivity contribution >= 4 is 29.5 Å². The van der Waals surface area contributed by atoms with E-state index < -0.39 is 6.09 Å². The van der Waals surface area contributed by atoms with E-state index in [9.17, 15) is 4.79 Å². The van der Waals surface area contributed by atoms with Crippen LogP contribution in [0.2, 0.25) is 5.02 Å². The standard InChI is InChI=1S/C11H16ClN5O2/c1-16(2)9-8(12)5-13-10(15-9)14-7-3-4-17(6-7)11(18)19/h5,7H,3-4,6H2,1-2H3,(H,18,19)(H,13,14,15). The van der Waals surface area contributed by atoms with Gasteiger partial charge < -0.3 is 20.2 Å². The molecule has 2 rings (SSSR count). The second-order valence-corrected chi connectivity index (χ2v) is 5.03. The van der Waals surface area contributed by atoms with Crippen LogP contribution in [0.15, 0.2) is 6.20 Å². The fourth-order valence-corrected chi connectivity index (χ4v) is 2.24. The van der Waals surface area contributed by atoms with E-state index in [0.717, 1.165) is 6.42 Å². The normalized spacial score (nSPS) is 18.5. The lowest BCUT2D eigenvalue weighted by molar-refractivity contribution is 0.155. The van der Waals surface area contributed by atoms with Gasteiger partial charge in [-0.15, -0.1) is 0 Å². The smallest absolute Gasteiger partial charge is 0.407 e. The molecule has 1 fully saturated rings. The van der Waals surface area contributed by atoms with Crippen LogP contribution in [0.5, 0.6) is 0 Å². The van der Waals surface area contributed by atoms with Gasteiger partial charge in [-0.3, -0.25) is 0 Å². The molecule has 8 heteroatoms. The van der Waals surface area contributed by atoms with Crippen molar-refractivity contribution in [3.05, 3.63) is 11.2 Å². The molecule has 19 heavy (non-hydrogen) atoms. The first kappa shape index (κ1) is 13.7. The molecule has 1 saturated heterocycles. The van der Waals surface area contributed by atoms with Crippen molar-refractivity contribution in [3.8, 4) is 0 Å². The van der Waals surface area contributed by atoms with Crippen molar-refractivity contribution in [2.24, 2.45) is 0 Å². The number of halogens is 1. The predicted molar refractivity (Wildman–Crippen MR) is 73.0 cm³/mol. The first-order valence-corrected chi connectivity index (χ1v) is 6.29. The van der Waals surface area contributed by atoms with E-state index in [1.54, 1.807) is 4.90 Å². The monoisotopic (exact) mass is 285 g/mol. The van der Waals surface area contributed by atoms with Crippen molar-refractivity contribution in [3.63, 3.8) is 0 Å². The van der Waals surface area contributed by atoms with Crippen molar-refractivity contribution in [1.82, 2.24) is 14.9 Å². The molecule has 1 aromatic heterocycles. The number of anilines is 2. The zero-order chi connectivity index (χ0) is 14.0. The summed E-state index contributed by atoms with van der Waals surface area (Å²) in [6.45, 7) is 0.972. The third kappa shape index (κ3) is 3.17. The molecule has 0 bridgehead atoms. The summed E-state index contributed by atoms with van der Waals surface area (Å²) >= 11 is 5.99. The van der Waals surface area contributed by atoms with E-state index >= 15 is 0 Å². The summed E-state index contributed by atoms with van der Waals surface area (Å²) < 4.78 is 0. The maximum atomic E-state index is 10.8. The number of hydrogen-bond acceptors (Lipinski definition) is 5. The Morgan fingerprint density at radius 3 is 2.95 bits per heavy atom. The first-order chi connectivity index (χ1) is 8.97. The number of carbonyl (C=O) groups is 1. The van der Waals surface area contributed by atoms with E-state index in [0.29, 0.717) is 29.9 Å². The Kier molecular flexibility index (Phi) is 3.94. The molecule has 1 unspecified atom stereocenters. The van der Waals surface area contributed by atoms with Crippen LogP contribution in [-0.4, -0.2) is 59.3 Å². The molecular formula is C11H16ClN5O2. The highest BCUT2D eigenvalue weighted by molar-refractivity contribution is 6.32. The summed E-state index contributed by atoms with van der Waals surface area (Å²) in [7, 11) is 3.69. The van der Waals surface area contributed by atoms with Crippen LogP contribution in [-0.2, 0) is 0 Å². The van der Waals surface area contributed by atoms with Gasteiger partial charge in [-0.1, -0.05) is 11.6 Å². The minimum atomic E-state index is -0.893. The minimum absolute atomic E-state index is 0.0345. The van der Waals surface area contributed by atoms with Crippen LogP contribution < -0.4 is 10.2 Å². The van der Waals surface area contributed by atoms with E-state index in [2.05, 4.69) is 15.3 Å². The topological polar surface area (TPSA) is 81.6 Å². The van der Waals surface area contributed by atoms with Gasteiger partial charge in [0.1, 0.15) is 5.02 Å². The zero-order valence-corrected chi connectivity index (χ0v) is 11.6. The van der Waals surface area contributed by atoms with E-state index in [1.807, 2.05) is 14.1 Å². The van der Waals surface area contributed by atoms with E-state index in [4.69, 9.17) is 16.7 Å². The van der Waals surface area contributed by atoms with E-state index in [1.165, 1.54) is 11.1 Å². The highest BCUT2D eigenvalue weighted by atomic mass is 35.5. The molecule has 1 atom stereocenters. The summed E-state index contributed by atoms with van der Waals surface area (Å²) in [5, 5.41) is 12.5. The molecule has 0 saturated carbocycles. The number of likely N-dealkylation sites (tertiary alicyclic amines) is 1. The first-order valence-electron chi connectivity index (χ1n) is 5.91. The second-order valence-electron chi connectivity index (χ2n) is 4.62. The summed E-state index contributed by atoms with van der Waals surface area (Å²) in [6, 6.07) is 0.0345. The number of nitrogens with one attached hydrogen (secondary N) is 1. The lowest BCUT2D eigenvalue weighted by Gasteiger charge is -2.17.